The minimum Gasteiger partial charge on any atom is -0.486 e. The molecule has 1 aliphatic heterocycles. The van der Waals surface area contributed by atoms with E-state index in [2.05, 4.69) is 9.62 Å². The summed E-state index contributed by atoms with van der Waals surface area (Å²) in [6, 6.07) is 15.5. The maximum atomic E-state index is 13.7. The molecule has 0 saturated carbocycles. The van der Waals surface area contributed by atoms with Crippen molar-refractivity contribution in [3.05, 3.63) is 86.9 Å². The molecule has 41 heavy (non-hydrogen) atoms. The zero-order valence-corrected chi connectivity index (χ0v) is 25.9. The molecule has 0 unspecified atom stereocenters. The Balaban J connectivity index is 1.70. The number of carbonyl (C=O) groups excluding carboxylic acids is 1. The van der Waals surface area contributed by atoms with Crippen molar-refractivity contribution < 1.29 is 23.1 Å². The summed E-state index contributed by atoms with van der Waals surface area (Å²) >= 11 is 18.2. The number of likely N-dealkylation sites (N-methyl/N-ethyl adjacent to an activating group) is 1. The van der Waals surface area contributed by atoms with Crippen LogP contribution >= 0.6 is 34.8 Å². The number of halogens is 3. The van der Waals surface area contributed by atoms with Crippen LogP contribution < -0.4 is 9.46 Å². The van der Waals surface area contributed by atoms with Gasteiger partial charge in [0.25, 0.3) is 15.9 Å². The van der Waals surface area contributed by atoms with Crippen molar-refractivity contribution in [2.45, 2.75) is 37.4 Å². The summed E-state index contributed by atoms with van der Waals surface area (Å²) in [5.41, 5.74) is 1.29. The van der Waals surface area contributed by atoms with Crippen molar-refractivity contribution >= 4 is 56.4 Å². The number of anilines is 1. The summed E-state index contributed by atoms with van der Waals surface area (Å²) in [6.45, 7) is 4.86. The highest BCUT2D eigenvalue weighted by molar-refractivity contribution is 7.92. The molecule has 0 aromatic heterocycles. The summed E-state index contributed by atoms with van der Waals surface area (Å²) in [6.07, 6.45) is -0.441. The molecule has 0 bridgehead atoms. The van der Waals surface area contributed by atoms with E-state index in [1.807, 2.05) is 26.1 Å². The van der Waals surface area contributed by atoms with Crippen LogP contribution in [-0.2, 0) is 16.6 Å². The maximum Gasteiger partial charge on any atom is 0.262 e. The zero-order chi connectivity index (χ0) is 29.9. The molecule has 1 heterocycles. The summed E-state index contributed by atoms with van der Waals surface area (Å²) in [4.78, 5) is 17.4. The third-order valence-corrected chi connectivity index (χ3v) is 9.36. The molecule has 0 spiro atoms. The fourth-order valence-corrected chi connectivity index (χ4v) is 6.19. The van der Waals surface area contributed by atoms with Gasteiger partial charge in [-0.05, 0) is 68.1 Å². The van der Waals surface area contributed by atoms with Gasteiger partial charge in [0.05, 0.1) is 38.8 Å². The standard InChI is InChI=1S/C29H32Cl3N3O5S/c1-18-14-35(19(2)17-36)29(37)23-5-4-6-26(33-41(38,39)22-10-8-21(30)9-11-22)28(23)40-27(18)16-34(3)15-20-7-12-24(31)25(32)13-20/h4-13,18-19,27,33,36H,14-17H2,1-3H3/t18-,19-,27-/m1/s1. The smallest absolute Gasteiger partial charge is 0.262 e. The monoisotopic (exact) mass is 639 g/mol. The number of hydrogen-bond acceptors (Lipinski definition) is 6. The molecular weight excluding hydrogens is 609 g/mol. The fraction of sp³-hybridized carbons (Fsp3) is 0.345. The minimum atomic E-state index is -4.03. The number of nitrogens with zero attached hydrogens (tertiary/aromatic N) is 2. The molecule has 2 N–H and O–H groups in total. The van der Waals surface area contributed by atoms with Crippen LogP contribution in [0.15, 0.2) is 65.6 Å². The molecule has 4 rings (SSSR count). The molecule has 1 amide bonds. The summed E-state index contributed by atoms with van der Waals surface area (Å²) < 4.78 is 35.6. The second-order valence-corrected chi connectivity index (χ2v) is 13.2. The normalized spacial score (nSPS) is 18.3. The van der Waals surface area contributed by atoms with Gasteiger partial charge in [0, 0.05) is 30.6 Å². The number of nitrogens with one attached hydrogen (secondary N) is 1. The predicted octanol–water partition coefficient (Wildman–Crippen LogP) is 5.80. The second kappa shape index (κ2) is 13.2. The number of benzene rings is 3. The molecule has 3 atom stereocenters. The number of aliphatic hydroxyl groups is 1. The Hall–Kier alpha value is -2.53. The van der Waals surface area contributed by atoms with Crippen molar-refractivity contribution in [1.29, 1.82) is 0 Å². The molecule has 220 valence electrons. The summed E-state index contributed by atoms with van der Waals surface area (Å²) in [7, 11) is -2.09. The van der Waals surface area contributed by atoms with E-state index < -0.39 is 22.2 Å². The van der Waals surface area contributed by atoms with E-state index in [0.29, 0.717) is 34.7 Å². The largest absolute Gasteiger partial charge is 0.486 e. The summed E-state index contributed by atoms with van der Waals surface area (Å²) in [5.74, 6) is -0.397. The van der Waals surface area contributed by atoms with Gasteiger partial charge in [-0.15, -0.1) is 0 Å². The Morgan fingerprint density at radius 2 is 1.80 bits per heavy atom. The van der Waals surface area contributed by atoms with Crippen molar-refractivity contribution in [1.82, 2.24) is 9.80 Å². The third-order valence-electron chi connectivity index (χ3n) is 6.99. The van der Waals surface area contributed by atoms with E-state index in [0.717, 1.165) is 5.56 Å². The van der Waals surface area contributed by atoms with Crippen LogP contribution in [-0.4, -0.2) is 68.1 Å². The topological polar surface area (TPSA) is 99.2 Å². The first-order valence-corrected chi connectivity index (χ1v) is 15.6. The molecule has 12 heteroatoms. The average molecular weight is 641 g/mol. The van der Waals surface area contributed by atoms with Gasteiger partial charge < -0.3 is 14.7 Å². The lowest BCUT2D eigenvalue weighted by Crippen LogP contribution is -2.49. The molecule has 8 nitrogen and oxygen atoms in total. The lowest BCUT2D eigenvalue weighted by atomic mass is 9.99. The first-order chi connectivity index (χ1) is 19.4. The fourth-order valence-electron chi connectivity index (χ4n) is 4.68. The van der Waals surface area contributed by atoms with Crippen LogP contribution in [0, 0.1) is 5.92 Å². The third kappa shape index (κ3) is 7.46. The van der Waals surface area contributed by atoms with Gasteiger partial charge in [-0.25, -0.2) is 8.42 Å². The van der Waals surface area contributed by atoms with E-state index in [4.69, 9.17) is 39.5 Å². The Morgan fingerprint density at radius 1 is 1.10 bits per heavy atom. The second-order valence-electron chi connectivity index (χ2n) is 10.3. The first-order valence-electron chi connectivity index (χ1n) is 13.0. The number of fused-ring (bicyclic) bond motifs is 1. The number of ether oxygens (including phenoxy) is 1. The molecule has 0 saturated heterocycles. The van der Waals surface area contributed by atoms with Crippen LogP contribution in [0.4, 0.5) is 5.69 Å². The van der Waals surface area contributed by atoms with E-state index in [9.17, 15) is 18.3 Å². The number of hydrogen-bond donors (Lipinski definition) is 2. The van der Waals surface area contributed by atoms with Gasteiger partial charge in [0.1, 0.15) is 6.10 Å². The molecule has 1 aliphatic rings. The highest BCUT2D eigenvalue weighted by Crippen LogP contribution is 2.36. The van der Waals surface area contributed by atoms with Crippen molar-refractivity contribution in [3.8, 4) is 5.75 Å². The Kier molecular flexibility index (Phi) is 10.1. The number of amides is 1. The SMILES string of the molecule is C[C@@H]1CN([C@H](C)CO)C(=O)c2cccc(NS(=O)(=O)c3ccc(Cl)cc3)c2O[C@@H]1CN(C)Cc1ccc(Cl)c(Cl)c1. The van der Waals surface area contributed by atoms with Crippen molar-refractivity contribution in [2.75, 3.05) is 31.5 Å². The van der Waals surface area contributed by atoms with Crippen LogP contribution in [0.2, 0.25) is 15.1 Å². The highest BCUT2D eigenvalue weighted by atomic mass is 35.5. The van der Waals surface area contributed by atoms with Crippen molar-refractivity contribution in [2.24, 2.45) is 5.92 Å². The predicted molar refractivity (Wildman–Crippen MR) is 163 cm³/mol. The Morgan fingerprint density at radius 3 is 2.46 bits per heavy atom. The van der Waals surface area contributed by atoms with Gasteiger partial charge in [0.15, 0.2) is 5.75 Å². The van der Waals surface area contributed by atoms with Crippen LogP contribution in [0.25, 0.3) is 0 Å². The Bertz CT molecular complexity index is 1500. The number of aliphatic hydroxyl groups excluding tert-OH is 1. The van der Waals surface area contributed by atoms with Gasteiger partial charge >= 0.3 is 0 Å². The number of sulfonamides is 1. The van der Waals surface area contributed by atoms with Gasteiger partial charge in [0.2, 0.25) is 0 Å². The summed E-state index contributed by atoms with van der Waals surface area (Å²) in [5, 5.41) is 11.3. The van der Waals surface area contributed by atoms with Crippen molar-refractivity contribution in [3.63, 3.8) is 0 Å². The molecule has 0 radical (unpaired) electrons. The van der Waals surface area contributed by atoms with Crippen LogP contribution in [0.1, 0.15) is 29.8 Å². The van der Waals surface area contributed by atoms with Crippen LogP contribution in [0.5, 0.6) is 5.75 Å². The first kappa shape index (κ1) is 31.4. The molecule has 3 aromatic rings. The average Bonchev–Trinajstić information content (AvgIpc) is 2.92. The number of rotatable bonds is 9. The van der Waals surface area contributed by atoms with E-state index in [-0.39, 0.29) is 40.3 Å². The number of para-hydroxylation sites is 1. The zero-order valence-electron chi connectivity index (χ0n) is 22.9. The minimum absolute atomic E-state index is 0.0125. The highest BCUT2D eigenvalue weighted by Gasteiger charge is 2.35. The lowest BCUT2D eigenvalue weighted by molar-refractivity contribution is 0.0344. The van der Waals surface area contributed by atoms with Gasteiger partial charge in [-0.1, -0.05) is 53.9 Å². The quantitative estimate of drug-likeness (QED) is 0.307. The molecular formula is C29H32Cl3N3O5S. The van der Waals surface area contributed by atoms with Gasteiger partial charge in [-0.2, -0.15) is 0 Å². The van der Waals surface area contributed by atoms with E-state index in [1.54, 1.807) is 36.1 Å². The van der Waals surface area contributed by atoms with E-state index >= 15 is 0 Å². The maximum absolute atomic E-state index is 13.7. The van der Waals surface area contributed by atoms with Crippen LogP contribution in [0.3, 0.4) is 0 Å². The molecule has 0 aliphatic carbocycles. The van der Waals surface area contributed by atoms with Gasteiger partial charge in [-0.3, -0.25) is 14.4 Å². The molecule has 0 fully saturated rings. The Labute approximate surface area is 255 Å². The molecule has 3 aromatic carbocycles. The van der Waals surface area contributed by atoms with E-state index in [1.165, 1.54) is 24.3 Å². The lowest BCUT2D eigenvalue weighted by Gasteiger charge is -2.38. The number of carbonyl (C=O) groups is 1.